The van der Waals surface area contributed by atoms with Gasteiger partial charge in [0.25, 0.3) is 0 Å². The Morgan fingerprint density at radius 3 is 2.65 bits per heavy atom. The Labute approximate surface area is 199 Å². The summed E-state index contributed by atoms with van der Waals surface area (Å²) in [5, 5.41) is 16.1. The van der Waals surface area contributed by atoms with Gasteiger partial charge in [-0.1, -0.05) is 36.8 Å². The van der Waals surface area contributed by atoms with E-state index in [1.165, 1.54) is 0 Å². The van der Waals surface area contributed by atoms with Gasteiger partial charge in [0.15, 0.2) is 0 Å². The molecule has 34 heavy (non-hydrogen) atoms. The van der Waals surface area contributed by atoms with E-state index < -0.39 is 6.10 Å². The first-order chi connectivity index (χ1) is 16.5. The maximum Gasteiger partial charge on any atom is 0.227 e. The number of ether oxygens (including phenoxy) is 2. The molecule has 0 radical (unpaired) electrons. The van der Waals surface area contributed by atoms with Crippen molar-refractivity contribution in [1.82, 2.24) is 5.32 Å². The number of carbonyl (C=O) groups is 2. The van der Waals surface area contributed by atoms with Crippen LogP contribution < -0.4 is 15.4 Å². The Morgan fingerprint density at radius 2 is 1.94 bits per heavy atom. The molecule has 5 atom stereocenters. The van der Waals surface area contributed by atoms with Gasteiger partial charge in [0, 0.05) is 23.1 Å². The Kier molecular flexibility index (Phi) is 6.57. The van der Waals surface area contributed by atoms with Crippen LogP contribution in [0.3, 0.4) is 0 Å². The van der Waals surface area contributed by atoms with Crippen LogP contribution in [-0.2, 0) is 14.3 Å². The highest BCUT2D eigenvalue weighted by Gasteiger charge is 2.46. The van der Waals surface area contributed by atoms with Crippen molar-refractivity contribution in [3.63, 3.8) is 0 Å². The summed E-state index contributed by atoms with van der Waals surface area (Å²) in [6, 6.07) is 15.4. The first-order valence-electron chi connectivity index (χ1n) is 12.2. The zero-order valence-electron chi connectivity index (χ0n) is 19.4. The molecular weight excluding hydrogens is 432 g/mol. The summed E-state index contributed by atoms with van der Waals surface area (Å²) in [6.07, 6.45) is 2.69. The topological polar surface area (TPSA) is 96.9 Å². The number of hydrogen-bond donors (Lipinski definition) is 3. The van der Waals surface area contributed by atoms with Crippen LogP contribution in [0.4, 0.5) is 5.69 Å². The molecule has 180 valence electrons. The maximum absolute atomic E-state index is 12.8. The number of hydrogen-bond acceptors (Lipinski definition) is 5. The van der Waals surface area contributed by atoms with E-state index >= 15 is 0 Å². The van der Waals surface area contributed by atoms with Gasteiger partial charge in [0.2, 0.25) is 11.8 Å². The quantitative estimate of drug-likeness (QED) is 0.581. The van der Waals surface area contributed by atoms with Crippen LogP contribution in [0.25, 0.3) is 0 Å². The van der Waals surface area contributed by atoms with Crippen LogP contribution in [0.15, 0.2) is 48.5 Å². The third kappa shape index (κ3) is 4.68. The van der Waals surface area contributed by atoms with Gasteiger partial charge >= 0.3 is 0 Å². The first kappa shape index (κ1) is 22.9. The maximum atomic E-state index is 12.8. The van der Waals surface area contributed by atoms with Crippen molar-refractivity contribution in [2.75, 3.05) is 11.9 Å². The fourth-order valence-electron chi connectivity index (χ4n) is 5.21. The van der Waals surface area contributed by atoms with Crippen LogP contribution in [0.2, 0.25) is 0 Å². The van der Waals surface area contributed by atoms with Crippen molar-refractivity contribution in [3.05, 3.63) is 59.7 Å². The molecule has 2 heterocycles. The summed E-state index contributed by atoms with van der Waals surface area (Å²) in [5.74, 6) is 0.841. The molecule has 2 aromatic rings. The zero-order chi connectivity index (χ0) is 23.7. The predicted molar refractivity (Wildman–Crippen MR) is 128 cm³/mol. The van der Waals surface area contributed by atoms with E-state index in [0.717, 1.165) is 41.8 Å². The second-order valence-electron chi connectivity index (χ2n) is 9.68. The number of nitrogens with one attached hydrogen (secondary N) is 2. The fourth-order valence-corrected chi connectivity index (χ4v) is 5.21. The fraction of sp³-hybridized carbons (Fsp3) is 0.481. The normalized spacial score (nSPS) is 26.4. The van der Waals surface area contributed by atoms with Gasteiger partial charge in [0.05, 0.1) is 25.2 Å². The smallest absolute Gasteiger partial charge is 0.227 e. The van der Waals surface area contributed by atoms with Crippen LogP contribution in [0.1, 0.15) is 62.1 Å². The summed E-state index contributed by atoms with van der Waals surface area (Å²) in [6.45, 7) is 1.78. The van der Waals surface area contributed by atoms with Crippen LogP contribution in [0.5, 0.6) is 5.75 Å². The molecule has 0 unspecified atom stereocenters. The summed E-state index contributed by atoms with van der Waals surface area (Å²) < 4.78 is 12.2. The van der Waals surface area contributed by atoms with Gasteiger partial charge < -0.3 is 25.2 Å². The van der Waals surface area contributed by atoms with Crippen molar-refractivity contribution in [2.24, 2.45) is 5.92 Å². The highest BCUT2D eigenvalue weighted by molar-refractivity contribution is 5.93. The minimum Gasteiger partial charge on any atom is -0.487 e. The van der Waals surface area contributed by atoms with Gasteiger partial charge in [-0.3, -0.25) is 9.59 Å². The van der Waals surface area contributed by atoms with Gasteiger partial charge in [0.1, 0.15) is 18.0 Å². The van der Waals surface area contributed by atoms with Crippen molar-refractivity contribution < 1.29 is 24.2 Å². The minimum absolute atomic E-state index is 0.00852. The first-order valence-corrected chi connectivity index (χ1v) is 12.2. The Hall–Kier alpha value is -2.90. The molecule has 3 N–H and O–H groups in total. The Bertz CT molecular complexity index is 1040. The molecule has 2 fully saturated rings. The highest BCUT2D eigenvalue weighted by atomic mass is 16.6. The molecule has 7 nitrogen and oxygen atoms in total. The molecule has 1 aliphatic carbocycles. The van der Waals surface area contributed by atoms with E-state index in [9.17, 15) is 14.7 Å². The number of anilines is 1. The predicted octanol–water partition coefficient (Wildman–Crippen LogP) is 3.69. The summed E-state index contributed by atoms with van der Waals surface area (Å²) in [5.41, 5.74) is 2.81. The average Bonchev–Trinajstić information content (AvgIpc) is 3.16. The molecule has 1 saturated carbocycles. The van der Waals surface area contributed by atoms with Crippen molar-refractivity contribution in [1.29, 1.82) is 0 Å². The number of amides is 2. The Balaban J connectivity index is 1.26. The van der Waals surface area contributed by atoms with Gasteiger partial charge in [-0.05, 0) is 49.9 Å². The number of benzene rings is 2. The SMILES string of the molecule is C[C@H](NC(=O)C[C@@H]1C[C@H]2c3cc(NC(=O)C4CCC4)ccc3O[C@H]2[C@@H](CO)O1)c1ccccc1. The lowest BCUT2D eigenvalue weighted by Crippen LogP contribution is -2.47. The monoisotopic (exact) mass is 464 g/mol. The number of fused-ring (bicyclic) bond motifs is 3. The largest absolute Gasteiger partial charge is 0.487 e. The third-order valence-electron chi connectivity index (χ3n) is 7.33. The molecule has 0 aromatic heterocycles. The average molecular weight is 465 g/mol. The van der Waals surface area contributed by atoms with E-state index in [-0.39, 0.29) is 54.9 Å². The second-order valence-corrected chi connectivity index (χ2v) is 9.68. The van der Waals surface area contributed by atoms with Crippen LogP contribution in [0, 0.1) is 5.92 Å². The zero-order valence-corrected chi connectivity index (χ0v) is 19.4. The summed E-state index contributed by atoms with van der Waals surface area (Å²) >= 11 is 0. The molecule has 0 spiro atoms. The lowest BCUT2D eigenvalue weighted by Gasteiger charge is -2.37. The second kappa shape index (κ2) is 9.76. The molecule has 7 heteroatoms. The molecule has 3 aliphatic rings. The number of aliphatic hydroxyl groups excluding tert-OH is 1. The lowest BCUT2D eigenvalue weighted by atomic mass is 9.83. The summed E-state index contributed by atoms with van der Waals surface area (Å²) in [4.78, 5) is 25.2. The van der Waals surface area contributed by atoms with Crippen LogP contribution >= 0.6 is 0 Å². The van der Waals surface area contributed by atoms with Crippen molar-refractivity contribution in [2.45, 2.75) is 69.3 Å². The highest BCUT2D eigenvalue weighted by Crippen LogP contribution is 2.47. The molecule has 2 aromatic carbocycles. The van der Waals surface area contributed by atoms with E-state index in [0.29, 0.717) is 6.42 Å². The van der Waals surface area contributed by atoms with Crippen molar-refractivity contribution in [3.8, 4) is 5.75 Å². The molecule has 0 bridgehead atoms. The standard InChI is InChI=1S/C27H32N2O5/c1-16(17-6-3-2-4-7-17)28-25(31)14-20-13-22-21-12-19(29-27(32)18-8-5-9-18)10-11-23(21)34-26(22)24(15-30)33-20/h2-4,6-7,10-12,16,18,20,22,24,26,30H,5,8-9,13-15H2,1H3,(H,28,31)(H,29,32)/t16-,20-,22-,24+,26+/m0/s1. The number of carbonyl (C=O) groups excluding carboxylic acids is 2. The van der Waals surface area contributed by atoms with Gasteiger partial charge in [-0.2, -0.15) is 0 Å². The molecular formula is C27H32N2O5. The van der Waals surface area contributed by atoms with Crippen LogP contribution in [-0.4, -0.2) is 41.8 Å². The number of aliphatic hydroxyl groups is 1. The minimum atomic E-state index is -0.511. The number of rotatable bonds is 7. The van der Waals surface area contributed by atoms with E-state index in [4.69, 9.17) is 9.47 Å². The van der Waals surface area contributed by atoms with Gasteiger partial charge in [-0.15, -0.1) is 0 Å². The van der Waals surface area contributed by atoms with E-state index in [2.05, 4.69) is 10.6 Å². The van der Waals surface area contributed by atoms with Crippen molar-refractivity contribution >= 4 is 17.5 Å². The van der Waals surface area contributed by atoms with E-state index in [1.54, 1.807) is 0 Å². The lowest BCUT2D eigenvalue weighted by molar-refractivity contribution is -0.142. The third-order valence-corrected chi connectivity index (χ3v) is 7.33. The molecule has 5 rings (SSSR count). The molecule has 2 amide bonds. The van der Waals surface area contributed by atoms with Gasteiger partial charge in [-0.25, -0.2) is 0 Å². The molecule has 2 aliphatic heterocycles. The summed E-state index contributed by atoms with van der Waals surface area (Å²) in [7, 11) is 0. The Morgan fingerprint density at radius 1 is 1.15 bits per heavy atom. The molecule has 1 saturated heterocycles. The van der Waals surface area contributed by atoms with E-state index in [1.807, 2.05) is 55.5 Å².